The number of piperidine rings is 1. The van der Waals surface area contributed by atoms with E-state index in [0.717, 1.165) is 12.8 Å². The lowest BCUT2D eigenvalue weighted by Crippen LogP contribution is -2.42. The number of nitrogens with two attached hydrogens (primary N) is 1. The number of hydrogen-bond donors (Lipinski definition) is 1. The van der Waals surface area contributed by atoms with E-state index in [1.165, 1.54) is 9.08 Å². The van der Waals surface area contributed by atoms with Gasteiger partial charge in [0.25, 0.3) is 0 Å². The molecule has 0 saturated carbocycles. The Balaban J connectivity index is 1.64. The van der Waals surface area contributed by atoms with Gasteiger partial charge in [0.15, 0.2) is 5.65 Å². The molecule has 0 unspecified atom stereocenters. The van der Waals surface area contributed by atoms with E-state index in [1.54, 1.807) is 29.3 Å². The van der Waals surface area contributed by atoms with Gasteiger partial charge in [-0.1, -0.05) is 6.07 Å². The normalized spacial score (nSPS) is 15.9. The molecule has 1 saturated heterocycles. The molecule has 8 heteroatoms. The molecule has 0 atom stereocenters. The van der Waals surface area contributed by atoms with Crippen LogP contribution in [0.3, 0.4) is 0 Å². The molecule has 0 aliphatic carbocycles. The standard InChI is InChI=1S/C15H19N5O3/c16-12(21)9-11-4-7-18(8-5-11)14(22)10-20-15(23)19-6-2-1-3-13(19)17-20/h1-3,6,11H,4-5,7-10H2,(H2,16,21). The van der Waals surface area contributed by atoms with E-state index in [-0.39, 0.29) is 30.0 Å². The Labute approximate surface area is 132 Å². The Kier molecular flexibility index (Phi) is 4.14. The Morgan fingerprint density at radius 2 is 2.00 bits per heavy atom. The maximum atomic E-state index is 12.4. The van der Waals surface area contributed by atoms with Crippen LogP contribution in [0.4, 0.5) is 0 Å². The van der Waals surface area contributed by atoms with Crippen molar-refractivity contribution in [1.82, 2.24) is 19.1 Å². The molecule has 1 aliphatic rings. The average molecular weight is 317 g/mol. The summed E-state index contributed by atoms with van der Waals surface area (Å²) < 4.78 is 2.60. The van der Waals surface area contributed by atoms with Gasteiger partial charge in [0.1, 0.15) is 6.54 Å². The largest absolute Gasteiger partial charge is 0.370 e. The van der Waals surface area contributed by atoms with Gasteiger partial charge in [-0.25, -0.2) is 9.48 Å². The van der Waals surface area contributed by atoms with E-state index in [2.05, 4.69) is 5.10 Å². The summed E-state index contributed by atoms with van der Waals surface area (Å²) >= 11 is 0. The number of carbonyl (C=O) groups is 2. The van der Waals surface area contributed by atoms with Crippen LogP contribution in [0.1, 0.15) is 19.3 Å². The number of amides is 2. The smallest absolute Gasteiger partial charge is 0.350 e. The first-order chi connectivity index (χ1) is 11.0. The third-order valence-corrected chi connectivity index (χ3v) is 4.23. The van der Waals surface area contributed by atoms with E-state index in [0.29, 0.717) is 25.2 Å². The second-order valence-corrected chi connectivity index (χ2v) is 5.86. The quantitative estimate of drug-likeness (QED) is 0.829. The van der Waals surface area contributed by atoms with Gasteiger partial charge in [-0.2, -0.15) is 0 Å². The van der Waals surface area contributed by atoms with Crippen molar-refractivity contribution in [2.24, 2.45) is 11.7 Å². The van der Waals surface area contributed by atoms with Gasteiger partial charge in [-0.05, 0) is 30.9 Å². The van der Waals surface area contributed by atoms with Crippen molar-refractivity contribution in [2.45, 2.75) is 25.8 Å². The van der Waals surface area contributed by atoms with E-state index >= 15 is 0 Å². The highest BCUT2D eigenvalue weighted by Crippen LogP contribution is 2.20. The van der Waals surface area contributed by atoms with Gasteiger partial charge < -0.3 is 10.6 Å². The number of pyridine rings is 1. The number of carbonyl (C=O) groups excluding carboxylic acids is 2. The summed E-state index contributed by atoms with van der Waals surface area (Å²) in [5.41, 5.74) is 5.40. The monoisotopic (exact) mass is 317 g/mol. The van der Waals surface area contributed by atoms with Gasteiger partial charge in [0.2, 0.25) is 11.8 Å². The highest BCUT2D eigenvalue weighted by molar-refractivity contribution is 5.76. The van der Waals surface area contributed by atoms with Gasteiger partial charge in [-0.15, -0.1) is 5.10 Å². The van der Waals surface area contributed by atoms with Gasteiger partial charge in [-0.3, -0.25) is 14.0 Å². The fraction of sp³-hybridized carbons (Fsp3) is 0.467. The zero-order valence-corrected chi connectivity index (χ0v) is 12.7. The van der Waals surface area contributed by atoms with E-state index in [1.807, 2.05) is 0 Å². The maximum absolute atomic E-state index is 12.4. The highest BCUT2D eigenvalue weighted by Gasteiger charge is 2.24. The summed E-state index contributed by atoms with van der Waals surface area (Å²) in [6.45, 7) is 1.10. The molecule has 0 radical (unpaired) electrons. The molecule has 2 amide bonds. The van der Waals surface area contributed by atoms with Crippen LogP contribution >= 0.6 is 0 Å². The molecule has 23 heavy (non-hydrogen) atoms. The van der Waals surface area contributed by atoms with Crippen molar-refractivity contribution < 1.29 is 9.59 Å². The first-order valence-electron chi connectivity index (χ1n) is 7.65. The molecule has 0 aromatic carbocycles. The molecule has 2 N–H and O–H groups in total. The maximum Gasteiger partial charge on any atom is 0.350 e. The van der Waals surface area contributed by atoms with Crippen LogP contribution in [-0.4, -0.2) is 44.0 Å². The summed E-state index contributed by atoms with van der Waals surface area (Å²) in [5.74, 6) is -0.187. The van der Waals surface area contributed by atoms with Crippen molar-refractivity contribution in [2.75, 3.05) is 13.1 Å². The molecule has 122 valence electrons. The molecule has 8 nitrogen and oxygen atoms in total. The fourth-order valence-electron chi connectivity index (χ4n) is 2.97. The lowest BCUT2D eigenvalue weighted by Gasteiger charge is -2.31. The molecular formula is C15H19N5O3. The summed E-state index contributed by atoms with van der Waals surface area (Å²) in [6.07, 6.45) is 3.51. The minimum absolute atomic E-state index is 0.0685. The van der Waals surface area contributed by atoms with Crippen LogP contribution in [0.2, 0.25) is 0 Å². The van der Waals surface area contributed by atoms with Gasteiger partial charge in [0.05, 0.1) is 0 Å². The zero-order valence-electron chi connectivity index (χ0n) is 12.7. The molecule has 0 spiro atoms. The molecule has 2 aromatic heterocycles. The SMILES string of the molecule is NC(=O)CC1CCN(C(=O)Cn2nc3ccccn3c2=O)CC1. The van der Waals surface area contributed by atoms with Crippen LogP contribution in [-0.2, 0) is 16.1 Å². The third kappa shape index (κ3) is 3.25. The number of rotatable bonds is 4. The molecule has 1 aliphatic heterocycles. The van der Waals surface area contributed by atoms with Crippen LogP contribution in [0, 0.1) is 5.92 Å². The lowest BCUT2D eigenvalue weighted by atomic mass is 9.93. The van der Waals surface area contributed by atoms with Crippen molar-refractivity contribution in [3.8, 4) is 0 Å². The second-order valence-electron chi connectivity index (χ2n) is 5.86. The predicted molar refractivity (Wildman–Crippen MR) is 82.6 cm³/mol. The minimum Gasteiger partial charge on any atom is -0.370 e. The summed E-state index contributed by atoms with van der Waals surface area (Å²) in [7, 11) is 0. The average Bonchev–Trinajstić information content (AvgIpc) is 2.84. The first kappa shape index (κ1) is 15.3. The van der Waals surface area contributed by atoms with Crippen LogP contribution < -0.4 is 11.4 Å². The van der Waals surface area contributed by atoms with E-state index in [9.17, 15) is 14.4 Å². The molecule has 3 heterocycles. The van der Waals surface area contributed by atoms with Crippen molar-refractivity contribution in [3.63, 3.8) is 0 Å². The van der Waals surface area contributed by atoms with E-state index in [4.69, 9.17) is 5.73 Å². The van der Waals surface area contributed by atoms with Gasteiger partial charge >= 0.3 is 5.69 Å². The summed E-state index contributed by atoms with van der Waals surface area (Å²) in [5, 5.41) is 4.16. The predicted octanol–water partition coefficient (Wildman–Crippen LogP) is -0.390. The van der Waals surface area contributed by atoms with Crippen molar-refractivity contribution >= 4 is 17.5 Å². The Morgan fingerprint density at radius 1 is 1.26 bits per heavy atom. The zero-order chi connectivity index (χ0) is 16.4. The highest BCUT2D eigenvalue weighted by atomic mass is 16.2. The number of likely N-dealkylation sites (tertiary alicyclic amines) is 1. The summed E-state index contributed by atoms with van der Waals surface area (Å²) in [6, 6.07) is 5.25. The molecule has 1 fully saturated rings. The van der Waals surface area contributed by atoms with Crippen LogP contribution in [0.15, 0.2) is 29.2 Å². The second kappa shape index (κ2) is 6.23. The summed E-state index contributed by atoms with van der Waals surface area (Å²) in [4.78, 5) is 37.2. The number of aromatic nitrogens is 3. The Bertz CT molecular complexity index is 786. The number of hydrogen-bond acceptors (Lipinski definition) is 4. The number of nitrogens with zero attached hydrogens (tertiary/aromatic N) is 4. The Hall–Kier alpha value is -2.64. The fourth-order valence-corrected chi connectivity index (χ4v) is 2.97. The van der Waals surface area contributed by atoms with E-state index < -0.39 is 0 Å². The number of primary amides is 1. The lowest BCUT2D eigenvalue weighted by molar-refractivity contribution is -0.133. The topological polar surface area (TPSA) is 103 Å². The molecule has 2 aromatic rings. The third-order valence-electron chi connectivity index (χ3n) is 4.23. The molecular weight excluding hydrogens is 298 g/mol. The first-order valence-corrected chi connectivity index (χ1v) is 7.65. The van der Waals surface area contributed by atoms with Gasteiger partial charge in [0, 0.05) is 25.7 Å². The molecule has 3 rings (SSSR count). The Morgan fingerprint density at radius 3 is 2.65 bits per heavy atom. The minimum atomic E-state index is -0.322. The van der Waals surface area contributed by atoms with Crippen molar-refractivity contribution in [3.05, 3.63) is 34.9 Å². The van der Waals surface area contributed by atoms with Crippen LogP contribution in [0.25, 0.3) is 5.65 Å². The molecule has 0 bridgehead atoms. The van der Waals surface area contributed by atoms with Crippen molar-refractivity contribution in [1.29, 1.82) is 0 Å². The number of fused-ring (bicyclic) bond motifs is 1. The van der Waals surface area contributed by atoms with Crippen LogP contribution in [0.5, 0.6) is 0 Å².